The minimum atomic E-state index is -0.605. The normalized spacial score (nSPS) is 14.5. The third-order valence-corrected chi connectivity index (χ3v) is 6.17. The first-order valence-corrected chi connectivity index (χ1v) is 11.2. The number of halogens is 2. The van der Waals surface area contributed by atoms with Crippen LogP contribution in [-0.4, -0.2) is 54.2 Å². The molecule has 5 rings (SSSR count). The van der Waals surface area contributed by atoms with Crippen LogP contribution < -0.4 is 10.2 Å². The number of aromatic amines is 1. The molecule has 0 unspecified atom stereocenters. The van der Waals surface area contributed by atoms with Gasteiger partial charge < -0.3 is 15.1 Å². The predicted octanol–water partition coefficient (Wildman–Crippen LogP) is 4.44. The van der Waals surface area contributed by atoms with E-state index in [2.05, 4.69) is 32.4 Å². The van der Waals surface area contributed by atoms with Crippen LogP contribution in [0.15, 0.2) is 60.7 Å². The molecular weight excluding hydrogens is 436 g/mol. The number of nitrogens with one attached hydrogen (secondary N) is 2. The molecule has 6 nitrogen and oxygen atoms in total. The van der Waals surface area contributed by atoms with E-state index < -0.39 is 11.6 Å². The lowest BCUT2D eigenvalue weighted by atomic mass is 10.0. The lowest BCUT2D eigenvalue weighted by Crippen LogP contribution is -2.44. The van der Waals surface area contributed by atoms with Gasteiger partial charge in [0, 0.05) is 48.9 Å². The van der Waals surface area contributed by atoms with Crippen molar-refractivity contribution in [1.29, 1.82) is 0 Å². The number of carbonyl (C=O) groups excluding carboxylic acids is 1. The number of hydrogen-bond donors (Lipinski definition) is 2. The Hall–Kier alpha value is -3.78. The van der Waals surface area contributed by atoms with Crippen molar-refractivity contribution in [1.82, 2.24) is 15.1 Å². The van der Waals surface area contributed by atoms with Crippen LogP contribution in [0.4, 0.5) is 20.3 Å². The molecule has 3 aromatic carbocycles. The molecule has 4 aromatic rings. The van der Waals surface area contributed by atoms with Gasteiger partial charge in [-0.3, -0.25) is 9.89 Å². The summed E-state index contributed by atoms with van der Waals surface area (Å²) < 4.78 is 27.1. The number of carbonyl (C=O) groups is 1. The highest BCUT2D eigenvalue weighted by Gasteiger charge is 2.17. The van der Waals surface area contributed by atoms with Crippen molar-refractivity contribution in [3.8, 4) is 0 Å². The van der Waals surface area contributed by atoms with Gasteiger partial charge in [-0.25, -0.2) is 8.78 Å². The maximum atomic E-state index is 13.6. The van der Waals surface area contributed by atoms with Gasteiger partial charge in [-0.05, 0) is 67.1 Å². The molecule has 0 aliphatic carbocycles. The summed E-state index contributed by atoms with van der Waals surface area (Å²) in [5.74, 6) is -1.04. The average molecular weight is 462 g/mol. The lowest BCUT2D eigenvalue weighted by Gasteiger charge is -2.34. The van der Waals surface area contributed by atoms with Gasteiger partial charge >= 0.3 is 0 Å². The Bertz CT molecular complexity index is 1320. The van der Waals surface area contributed by atoms with Crippen LogP contribution in [0.1, 0.15) is 21.5 Å². The van der Waals surface area contributed by atoms with E-state index >= 15 is 0 Å². The Morgan fingerprint density at radius 2 is 1.74 bits per heavy atom. The number of hydrogen-bond acceptors (Lipinski definition) is 4. The molecular formula is C26H25F2N5O. The number of amides is 1. The highest BCUT2D eigenvalue weighted by Crippen LogP contribution is 2.25. The topological polar surface area (TPSA) is 64.3 Å². The third kappa shape index (κ3) is 4.77. The maximum absolute atomic E-state index is 13.6. The van der Waals surface area contributed by atoms with E-state index in [9.17, 15) is 13.6 Å². The zero-order valence-electron chi connectivity index (χ0n) is 18.8. The van der Waals surface area contributed by atoms with E-state index in [4.69, 9.17) is 0 Å². The van der Waals surface area contributed by atoms with Gasteiger partial charge in [0.2, 0.25) is 0 Å². The molecule has 1 aliphatic heterocycles. The van der Waals surface area contributed by atoms with Crippen molar-refractivity contribution in [3.63, 3.8) is 0 Å². The smallest absolute Gasteiger partial charge is 0.256 e. The Kier molecular flexibility index (Phi) is 5.98. The van der Waals surface area contributed by atoms with Crippen LogP contribution in [0.2, 0.25) is 0 Å². The first-order chi connectivity index (χ1) is 16.4. The second-order valence-corrected chi connectivity index (χ2v) is 8.70. The molecule has 0 spiro atoms. The first kappa shape index (κ1) is 22.0. The Morgan fingerprint density at radius 1 is 0.971 bits per heavy atom. The van der Waals surface area contributed by atoms with E-state index in [1.54, 1.807) is 6.07 Å². The van der Waals surface area contributed by atoms with E-state index in [-0.39, 0.29) is 5.91 Å². The summed E-state index contributed by atoms with van der Waals surface area (Å²) in [6.45, 7) is 3.81. The summed E-state index contributed by atoms with van der Waals surface area (Å²) in [7, 11) is 2.11. The molecule has 1 fully saturated rings. The molecule has 2 N–H and O–H groups in total. The number of nitrogens with zero attached hydrogens (tertiary/aromatic N) is 3. The largest absolute Gasteiger partial charge is 0.369 e. The van der Waals surface area contributed by atoms with E-state index in [1.165, 1.54) is 12.1 Å². The van der Waals surface area contributed by atoms with Crippen molar-refractivity contribution in [2.45, 2.75) is 6.42 Å². The van der Waals surface area contributed by atoms with E-state index in [0.717, 1.165) is 54.4 Å². The highest BCUT2D eigenvalue weighted by molar-refractivity contribution is 6.08. The SMILES string of the molecule is CN1CCN(c2cccc(C(=O)Nc3n[nH]c4ccc(Cc5cc(F)cc(F)c5)cc34)c2)CC1. The summed E-state index contributed by atoms with van der Waals surface area (Å²) >= 11 is 0. The standard InChI is InChI=1S/C26H25F2N5O/c1-32-7-9-33(10-8-32)22-4-2-3-19(15-22)26(34)29-25-23-14-17(5-6-24(23)30-31-25)11-18-12-20(27)16-21(28)13-18/h2-6,12-16H,7-11H2,1H3,(H2,29,30,31,34). The molecule has 8 heteroatoms. The molecule has 0 radical (unpaired) electrons. The average Bonchev–Trinajstić information content (AvgIpc) is 3.21. The van der Waals surface area contributed by atoms with Crippen molar-refractivity contribution < 1.29 is 13.6 Å². The zero-order chi connectivity index (χ0) is 23.7. The van der Waals surface area contributed by atoms with Crippen LogP contribution in [0.25, 0.3) is 10.9 Å². The maximum Gasteiger partial charge on any atom is 0.256 e. The predicted molar refractivity (Wildman–Crippen MR) is 129 cm³/mol. The number of fused-ring (bicyclic) bond motifs is 1. The fraction of sp³-hybridized carbons (Fsp3) is 0.231. The van der Waals surface area contributed by atoms with Crippen LogP contribution in [0, 0.1) is 11.6 Å². The molecule has 1 saturated heterocycles. The minimum Gasteiger partial charge on any atom is -0.369 e. The highest BCUT2D eigenvalue weighted by atomic mass is 19.1. The van der Waals surface area contributed by atoms with Gasteiger partial charge in [-0.1, -0.05) is 12.1 Å². The Morgan fingerprint density at radius 3 is 2.50 bits per heavy atom. The summed E-state index contributed by atoms with van der Waals surface area (Å²) in [5, 5.41) is 10.8. The van der Waals surface area contributed by atoms with Gasteiger partial charge in [0.25, 0.3) is 5.91 Å². The van der Waals surface area contributed by atoms with E-state index in [1.807, 2.05) is 36.4 Å². The van der Waals surface area contributed by atoms with Crippen molar-refractivity contribution in [2.24, 2.45) is 0 Å². The van der Waals surface area contributed by atoms with Crippen molar-refractivity contribution in [3.05, 3.63) is 89.0 Å². The Balaban J connectivity index is 1.35. The fourth-order valence-electron chi connectivity index (χ4n) is 4.30. The van der Waals surface area contributed by atoms with Gasteiger partial charge in [-0.15, -0.1) is 0 Å². The van der Waals surface area contributed by atoms with Crippen LogP contribution in [-0.2, 0) is 6.42 Å². The molecule has 0 saturated carbocycles. The first-order valence-electron chi connectivity index (χ1n) is 11.2. The number of H-pyrrole nitrogens is 1. The molecule has 0 atom stereocenters. The summed E-state index contributed by atoms with van der Waals surface area (Å²) in [5.41, 5.74) is 3.73. The molecule has 1 amide bonds. The van der Waals surface area contributed by atoms with Crippen molar-refractivity contribution >= 4 is 28.3 Å². The summed E-state index contributed by atoms with van der Waals surface area (Å²) in [6.07, 6.45) is 0.357. The quantitative estimate of drug-likeness (QED) is 0.461. The number of likely N-dealkylation sites (N-methyl/N-ethyl adjacent to an activating group) is 1. The van der Waals surface area contributed by atoms with Crippen LogP contribution in [0.5, 0.6) is 0 Å². The number of piperazine rings is 1. The van der Waals surface area contributed by atoms with Gasteiger partial charge in [-0.2, -0.15) is 5.10 Å². The van der Waals surface area contributed by atoms with Gasteiger partial charge in [0.1, 0.15) is 11.6 Å². The molecule has 1 aliphatic rings. The van der Waals surface area contributed by atoms with Crippen molar-refractivity contribution in [2.75, 3.05) is 43.4 Å². The Labute approximate surface area is 196 Å². The fourth-order valence-corrected chi connectivity index (χ4v) is 4.30. The molecule has 34 heavy (non-hydrogen) atoms. The second-order valence-electron chi connectivity index (χ2n) is 8.70. The van der Waals surface area contributed by atoms with Crippen LogP contribution in [0.3, 0.4) is 0 Å². The molecule has 1 aromatic heterocycles. The molecule has 0 bridgehead atoms. The van der Waals surface area contributed by atoms with Gasteiger partial charge in [0.15, 0.2) is 5.82 Å². The van der Waals surface area contributed by atoms with Gasteiger partial charge in [0.05, 0.1) is 5.52 Å². The summed E-state index contributed by atoms with van der Waals surface area (Å²) in [4.78, 5) is 17.6. The third-order valence-electron chi connectivity index (χ3n) is 6.17. The number of aromatic nitrogens is 2. The summed E-state index contributed by atoms with van der Waals surface area (Å²) in [6, 6.07) is 16.7. The van der Waals surface area contributed by atoms with Crippen LogP contribution >= 0.6 is 0 Å². The number of rotatable bonds is 5. The number of benzene rings is 3. The second kappa shape index (κ2) is 9.23. The monoisotopic (exact) mass is 461 g/mol. The number of anilines is 2. The minimum absolute atomic E-state index is 0.248. The van der Waals surface area contributed by atoms with E-state index in [0.29, 0.717) is 23.4 Å². The lowest BCUT2D eigenvalue weighted by molar-refractivity contribution is 0.102. The molecule has 174 valence electrons. The molecule has 2 heterocycles. The zero-order valence-corrected chi connectivity index (χ0v) is 18.8.